The lowest BCUT2D eigenvalue weighted by molar-refractivity contribution is 0.0366. The van der Waals surface area contributed by atoms with E-state index in [2.05, 4.69) is 15.6 Å². The van der Waals surface area contributed by atoms with Crippen molar-refractivity contribution in [3.63, 3.8) is 0 Å². The number of carbonyl (C=O) groups is 1. The van der Waals surface area contributed by atoms with Crippen molar-refractivity contribution in [1.29, 1.82) is 0 Å². The van der Waals surface area contributed by atoms with Crippen molar-refractivity contribution in [2.75, 3.05) is 6.54 Å². The highest BCUT2D eigenvalue weighted by Crippen LogP contribution is 2.41. The monoisotopic (exact) mass is 321 g/mol. The molecule has 118 valence electrons. The van der Waals surface area contributed by atoms with Crippen molar-refractivity contribution in [2.45, 2.75) is 31.4 Å². The molecule has 2 aromatic rings. The highest BCUT2D eigenvalue weighted by molar-refractivity contribution is 7.09. The first-order chi connectivity index (χ1) is 10.6. The number of urea groups is 1. The van der Waals surface area contributed by atoms with Crippen LogP contribution in [0.5, 0.6) is 0 Å². The van der Waals surface area contributed by atoms with E-state index in [0.717, 1.165) is 17.8 Å². The van der Waals surface area contributed by atoms with Crippen LogP contribution in [-0.4, -0.2) is 22.7 Å². The molecule has 1 fully saturated rings. The summed E-state index contributed by atoms with van der Waals surface area (Å²) < 4.78 is 5.19. The first-order valence-corrected chi connectivity index (χ1v) is 8.14. The molecule has 0 aromatic carbocycles. The van der Waals surface area contributed by atoms with Crippen LogP contribution in [0.4, 0.5) is 4.79 Å². The highest BCUT2D eigenvalue weighted by atomic mass is 32.1. The third kappa shape index (κ3) is 3.48. The quantitative estimate of drug-likeness (QED) is 0.762. The van der Waals surface area contributed by atoms with Gasteiger partial charge in [-0.2, -0.15) is 0 Å². The van der Waals surface area contributed by atoms with Gasteiger partial charge in [0.1, 0.15) is 16.4 Å². The number of nitrogens with one attached hydrogen (secondary N) is 2. The molecule has 2 heterocycles. The molecular weight excluding hydrogens is 302 g/mol. The van der Waals surface area contributed by atoms with Gasteiger partial charge in [0.25, 0.3) is 0 Å². The molecule has 0 bridgehead atoms. The van der Waals surface area contributed by atoms with Gasteiger partial charge in [0.2, 0.25) is 0 Å². The molecule has 0 spiro atoms. The highest BCUT2D eigenvalue weighted by Gasteiger charge is 2.35. The van der Waals surface area contributed by atoms with E-state index in [0.29, 0.717) is 11.7 Å². The van der Waals surface area contributed by atoms with E-state index in [4.69, 9.17) is 4.42 Å². The Bertz CT molecular complexity index is 606. The Balaban J connectivity index is 1.56. The molecule has 0 aliphatic heterocycles. The lowest BCUT2D eigenvalue weighted by atomic mass is 10.0. The topological polar surface area (TPSA) is 87.4 Å². The SMILES string of the molecule is C[C@@](O)(CNC(=O)N[C@H](c1nccs1)C1CC1)c1ccco1. The number of hydrogen-bond acceptors (Lipinski definition) is 5. The minimum Gasteiger partial charge on any atom is -0.466 e. The number of furan rings is 1. The molecular formula is C15H19N3O3S. The van der Waals surface area contributed by atoms with Gasteiger partial charge < -0.3 is 20.2 Å². The van der Waals surface area contributed by atoms with Crippen LogP contribution in [0.3, 0.4) is 0 Å². The zero-order valence-corrected chi connectivity index (χ0v) is 13.1. The van der Waals surface area contributed by atoms with E-state index >= 15 is 0 Å². The third-order valence-electron chi connectivity index (χ3n) is 3.74. The summed E-state index contributed by atoms with van der Waals surface area (Å²) in [6.45, 7) is 1.67. The first-order valence-electron chi connectivity index (χ1n) is 7.26. The fraction of sp³-hybridized carbons (Fsp3) is 0.467. The zero-order valence-electron chi connectivity index (χ0n) is 12.3. The Hall–Kier alpha value is -1.86. The van der Waals surface area contributed by atoms with Crippen LogP contribution in [0.1, 0.15) is 36.6 Å². The van der Waals surface area contributed by atoms with Gasteiger partial charge in [0.05, 0.1) is 18.8 Å². The molecule has 1 aliphatic rings. The first kappa shape index (κ1) is 15.1. The third-order valence-corrected chi connectivity index (χ3v) is 4.60. The van der Waals surface area contributed by atoms with E-state index < -0.39 is 5.60 Å². The molecule has 0 saturated heterocycles. The number of nitrogens with zero attached hydrogens (tertiary/aromatic N) is 1. The van der Waals surface area contributed by atoms with Crippen molar-refractivity contribution in [1.82, 2.24) is 15.6 Å². The minimum atomic E-state index is -1.24. The van der Waals surface area contributed by atoms with Crippen molar-refractivity contribution < 1.29 is 14.3 Å². The number of aromatic nitrogens is 1. The lowest BCUT2D eigenvalue weighted by Gasteiger charge is -2.22. The number of hydrogen-bond donors (Lipinski definition) is 3. The fourth-order valence-corrected chi connectivity index (χ4v) is 3.10. The Morgan fingerprint density at radius 3 is 3.05 bits per heavy atom. The number of carbonyl (C=O) groups excluding carboxylic acids is 1. The zero-order chi connectivity index (χ0) is 15.6. The number of rotatable bonds is 6. The summed E-state index contributed by atoms with van der Waals surface area (Å²) >= 11 is 1.55. The maximum Gasteiger partial charge on any atom is 0.315 e. The van der Waals surface area contributed by atoms with E-state index in [-0.39, 0.29) is 18.6 Å². The van der Waals surface area contributed by atoms with E-state index in [1.165, 1.54) is 6.26 Å². The molecule has 7 heteroatoms. The van der Waals surface area contributed by atoms with Crippen LogP contribution in [0.15, 0.2) is 34.4 Å². The average molecular weight is 321 g/mol. The van der Waals surface area contributed by atoms with E-state index in [1.807, 2.05) is 5.38 Å². The molecule has 3 N–H and O–H groups in total. The molecule has 1 saturated carbocycles. The lowest BCUT2D eigenvalue weighted by Crippen LogP contribution is -2.44. The second-order valence-electron chi connectivity index (χ2n) is 5.76. The average Bonchev–Trinajstić information content (AvgIpc) is 2.97. The summed E-state index contributed by atoms with van der Waals surface area (Å²) in [5.41, 5.74) is -1.24. The van der Waals surface area contributed by atoms with E-state index in [9.17, 15) is 9.90 Å². The van der Waals surface area contributed by atoms with Crippen molar-refractivity contribution in [3.05, 3.63) is 40.7 Å². The number of aliphatic hydroxyl groups is 1. The summed E-state index contributed by atoms with van der Waals surface area (Å²) in [5, 5.41) is 18.8. The summed E-state index contributed by atoms with van der Waals surface area (Å²) in [5.74, 6) is 0.883. The normalized spacial score (nSPS) is 18.5. The van der Waals surface area contributed by atoms with E-state index in [1.54, 1.807) is 36.6 Å². The predicted molar refractivity (Wildman–Crippen MR) is 82.4 cm³/mol. The molecule has 3 rings (SSSR count). The van der Waals surface area contributed by atoms with Crippen LogP contribution in [0.2, 0.25) is 0 Å². The van der Waals surface area contributed by atoms with Gasteiger partial charge in [-0.05, 0) is 37.8 Å². The van der Waals surface area contributed by atoms with Crippen LogP contribution in [0.25, 0.3) is 0 Å². The van der Waals surface area contributed by atoms with Crippen LogP contribution >= 0.6 is 11.3 Å². The van der Waals surface area contributed by atoms with Crippen LogP contribution in [0, 0.1) is 5.92 Å². The standard InChI is InChI=1S/C15H19N3O3S/c1-15(20,11-3-2-7-21-11)9-17-14(19)18-12(10-4-5-10)13-16-6-8-22-13/h2-3,6-8,10,12,20H,4-5,9H2,1H3,(H2,17,18,19)/t12-,15+/m0/s1. The molecule has 6 nitrogen and oxygen atoms in total. The summed E-state index contributed by atoms with van der Waals surface area (Å²) in [7, 11) is 0. The van der Waals surface area contributed by atoms with Gasteiger partial charge in [-0.25, -0.2) is 9.78 Å². The predicted octanol–water partition coefficient (Wildman–Crippen LogP) is 2.39. The molecule has 1 aliphatic carbocycles. The Morgan fingerprint density at radius 2 is 2.45 bits per heavy atom. The Kier molecular flexibility index (Phi) is 4.17. The second kappa shape index (κ2) is 6.10. The summed E-state index contributed by atoms with van der Waals surface area (Å²) in [4.78, 5) is 16.4. The summed E-state index contributed by atoms with van der Waals surface area (Å²) in [6.07, 6.45) is 5.45. The van der Waals surface area contributed by atoms with Gasteiger partial charge in [-0.15, -0.1) is 11.3 Å². The van der Waals surface area contributed by atoms with Gasteiger partial charge in [0.15, 0.2) is 0 Å². The molecule has 0 radical (unpaired) electrons. The largest absolute Gasteiger partial charge is 0.466 e. The van der Waals surface area contributed by atoms with Crippen LogP contribution < -0.4 is 10.6 Å². The van der Waals surface area contributed by atoms with Crippen molar-refractivity contribution in [2.24, 2.45) is 5.92 Å². The fourth-order valence-electron chi connectivity index (χ4n) is 2.32. The van der Waals surface area contributed by atoms with Gasteiger partial charge in [-0.3, -0.25) is 0 Å². The molecule has 2 aromatic heterocycles. The maximum atomic E-state index is 12.1. The number of thiazole rings is 1. The minimum absolute atomic E-state index is 0.0476. The molecule has 2 atom stereocenters. The maximum absolute atomic E-state index is 12.1. The molecule has 0 unspecified atom stereocenters. The van der Waals surface area contributed by atoms with Gasteiger partial charge >= 0.3 is 6.03 Å². The molecule has 2 amide bonds. The van der Waals surface area contributed by atoms with Crippen LogP contribution in [-0.2, 0) is 5.60 Å². The Morgan fingerprint density at radius 1 is 1.64 bits per heavy atom. The van der Waals surface area contributed by atoms with Gasteiger partial charge in [-0.1, -0.05) is 0 Å². The van der Waals surface area contributed by atoms with Gasteiger partial charge in [0, 0.05) is 11.6 Å². The second-order valence-corrected chi connectivity index (χ2v) is 6.69. The molecule has 22 heavy (non-hydrogen) atoms. The van der Waals surface area contributed by atoms with Crippen molar-refractivity contribution >= 4 is 17.4 Å². The number of amides is 2. The van der Waals surface area contributed by atoms with Crippen molar-refractivity contribution in [3.8, 4) is 0 Å². The summed E-state index contributed by atoms with van der Waals surface area (Å²) in [6, 6.07) is 3.03. The smallest absolute Gasteiger partial charge is 0.315 e. The Labute approximate surface area is 132 Å².